The van der Waals surface area contributed by atoms with Gasteiger partial charge in [0, 0.05) is 6.61 Å². The van der Waals surface area contributed by atoms with Gasteiger partial charge in [-0.25, -0.2) is 0 Å². The van der Waals surface area contributed by atoms with Crippen LogP contribution in [0, 0.1) is 11.3 Å². The first-order valence-electron chi connectivity index (χ1n) is 5.17. The fourth-order valence-corrected chi connectivity index (χ4v) is 1.33. The van der Waals surface area contributed by atoms with Crippen molar-refractivity contribution in [1.29, 1.82) is 0 Å². The van der Waals surface area contributed by atoms with Crippen molar-refractivity contribution in [3.8, 4) is 0 Å². The van der Waals surface area contributed by atoms with Crippen LogP contribution in [0.1, 0.15) is 53.4 Å². The molecule has 0 saturated carbocycles. The van der Waals surface area contributed by atoms with E-state index in [2.05, 4.69) is 27.7 Å². The molecule has 1 nitrogen and oxygen atoms in total. The summed E-state index contributed by atoms with van der Waals surface area (Å²) in [5.74, 6) is 0.583. The highest BCUT2D eigenvalue weighted by molar-refractivity contribution is 4.76. The molecular formula is C11H24O. The van der Waals surface area contributed by atoms with Crippen molar-refractivity contribution in [1.82, 2.24) is 0 Å². The van der Waals surface area contributed by atoms with Crippen molar-refractivity contribution in [2.75, 3.05) is 6.61 Å². The number of aliphatic hydroxyl groups excluding tert-OH is 1. The zero-order valence-corrected chi connectivity index (χ0v) is 9.06. The summed E-state index contributed by atoms with van der Waals surface area (Å²) in [6.07, 6.45) is 4.97. The van der Waals surface area contributed by atoms with Crippen LogP contribution in [0.25, 0.3) is 0 Å². The van der Waals surface area contributed by atoms with Gasteiger partial charge in [-0.05, 0) is 17.8 Å². The molecule has 1 N–H and O–H groups in total. The number of hydrogen-bond acceptors (Lipinski definition) is 1. The first-order valence-corrected chi connectivity index (χ1v) is 5.17. The van der Waals surface area contributed by atoms with E-state index in [-0.39, 0.29) is 5.41 Å². The molecule has 0 amide bonds. The van der Waals surface area contributed by atoms with Gasteiger partial charge in [0.05, 0.1) is 0 Å². The fourth-order valence-electron chi connectivity index (χ4n) is 1.33. The summed E-state index contributed by atoms with van der Waals surface area (Å²) >= 11 is 0. The highest BCUT2D eigenvalue weighted by Crippen LogP contribution is 2.32. The first-order chi connectivity index (χ1) is 5.56. The molecule has 0 radical (unpaired) electrons. The molecule has 0 spiro atoms. The number of rotatable bonds is 6. The Kier molecular flexibility index (Phi) is 5.56. The van der Waals surface area contributed by atoms with Crippen LogP contribution in [0.3, 0.4) is 0 Å². The van der Waals surface area contributed by atoms with Crippen LogP contribution < -0.4 is 0 Å². The van der Waals surface area contributed by atoms with Crippen LogP contribution in [0.4, 0.5) is 0 Å². The van der Waals surface area contributed by atoms with Gasteiger partial charge in [-0.15, -0.1) is 0 Å². The maximum absolute atomic E-state index is 9.26. The summed E-state index contributed by atoms with van der Waals surface area (Å²) in [5.41, 5.74) is 0.148. The lowest BCUT2D eigenvalue weighted by molar-refractivity contribution is 0.0826. The molecule has 0 bridgehead atoms. The van der Waals surface area contributed by atoms with Gasteiger partial charge in [0.2, 0.25) is 0 Å². The van der Waals surface area contributed by atoms with E-state index in [0.717, 1.165) is 6.42 Å². The Labute approximate surface area is 77.2 Å². The Morgan fingerprint density at radius 3 is 2.17 bits per heavy atom. The number of unbranched alkanes of at least 4 members (excludes halogenated alkanes) is 2. The summed E-state index contributed by atoms with van der Waals surface area (Å²) in [6, 6.07) is 0. The highest BCUT2D eigenvalue weighted by atomic mass is 16.3. The van der Waals surface area contributed by atoms with Crippen LogP contribution in [-0.2, 0) is 0 Å². The Morgan fingerprint density at radius 2 is 1.83 bits per heavy atom. The topological polar surface area (TPSA) is 20.2 Å². The molecule has 0 aromatic heterocycles. The lowest BCUT2D eigenvalue weighted by atomic mass is 9.76. The SMILES string of the molecule is CCCCCC(C)(CO)C(C)C. The van der Waals surface area contributed by atoms with Gasteiger partial charge in [-0.3, -0.25) is 0 Å². The molecule has 1 atom stereocenters. The number of hydrogen-bond donors (Lipinski definition) is 1. The Bertz CT molecular complexity index is 110. The van der Waals surface area contributed by atoms with E-state index in [9.17, 15) is 5.11 Å². The molecule has 0 rings (SSSR count). The minimum absolute atomic E-state index is 0.148. The van der Waals surface area contributed by atoms with Gasteiger partial charge in [0.15, 0.2) is 0 Å². The molecule has 0 aromatic rings. The van der Waals surface area contributed by atoms with Crippen molar-refractivity contribution in [2.45, 2.75) is 53.4 Å². The molecule has 12 heavy (non-hydrogen) atoms. The average Bonchev–Trinajstić information content (AvgIpc) is 2.04. The quantitative estimate of drug-likeness (QED) is 0.610. The second-order valence-electron chi connectivity index (χ2n) is 4.42. The van der Waals surface area contributed by atoms with Gasteiger partial charge >= 0.3 is 0 Å². The monoisotopic (exact) mass is 172 g/mol. The van der Waals surface area contributed by atoms with Gasteiger partial charge < -0.3 is 5.11 Å². The molecule has 0 aliphatic heterocycles. The molecular weight excluding hydrogens is 148 g/mol. The average molecular weight is 172 g/mol. The van der Waals surface area contributed by atoms with E-state index in [0.29, 0.717) is 12.5 Å². The zero-order chi connectivity index (χ0) is 9.61. The molecule has 1 heteroatoms. The standard InChI is InChI=1S/C11H24O/c1-5-6-7-8-11(4,9-12)10(2)3/h10,12H,5-9H2,1-4H3. The van der Waals surface area contributed by atoms with E-state index in [1.165, 1.54) is 19.3 Å². The zero-order valence-electron chi connectivity index (χ0n) is 9.06. The maximum Gasteiger partial charge on any atom is 0.0487 e. The Hall–Kier alpha value is -0.0400. The van der Waals surface area contributed by atoms with E-state index in [1.54, 1.807) is 0 Å². The molecule has 1 unspecified atom stereocenters. The molecule has 0 aliphatic rings. The molecule has 0 aromatic carbocycles. The van der Waals surface area contributed by atoms with E-state index < -0.39 is 0 Å². The normalized spacial score (nSPS) is 16.5. The van der Waals surface area contributed by atoms with Crippen LogP contribution in [0.15, 0.2) is 0 Å². The van der Waals surface area contributed by atoms with Crippen LogP contribution in [0.2, 0.25) is 0 Å². The minimum Gasteiger partial charge on any atom is -0.396 e. The lowest BCUT2D eigenvalue weighted by Gasteiger charge is -2.31. The van der Waals surface area contributed by atoms with E-state index in [4.69, 9.17) is 0 Å². The predicted octanol–water partition coefficient (Wildman–Crippen LogP) is 3.22. The fraction of sp³-hybridized carbons (Fsp3) is 1.00. The Balaban J connectivity index is 3.80. The highest BCUT2D eigenvalue weighted by Gasteiger charge is 2.26. The lowest BCUT2D eigenvalue weighted by Crippen LogP contribution is -2.27. The predicted molar refractivity (Wildman–Crippen MR) is 54.2 cm³/mol. The first kappa shape index (κ1) is 12.0. The van der Waals surface area contributed by atoms with Crippen LogP contribution in [-0.4, -0.2) is 11.7 Å². The summed E-state index contributed by atoms with van der Waals surface area (Å²) in [7, 11) is 0. The van der Waals surface area contributed by atoms with Gasteiger partial charge in [-0.2, -0.15) is 0 Å². The third-order valence-electron chi connectivity index (χ3n) is 3.11. The summed E-state index contributed by atoms with van der Waals surface area (Å²) in [6.45, 7) is 9.12. The smallest absolute Gasteiger partial charge is 0.0487 e. The summed E-state index contributed by atoms with van der Waals surface area (Å²) in [4.78, 5) is 0. The maximum atomic E-state index is 9.26. The van der Waals surface area contributed by atoms with Crippen LogP contribution in [0.5, 0.6) is 0 Å². The van der Waals surface area contributed by atoms with Crippen molar-refractivity contribution >= 4 is 0 Å². The number of aliphatic hydroxyl groups is 1. The minimum atomic E-state index is 0.148. The summed E-state index contributed by atoms with van der Waals surface area (Å²) in [5, 5.41) is 9.26. The third-order valence-corrected chi connectivity index (χ3v) is 3.11. The molecule has 74 valence electrons. The van der Waals surface area contributed by atoms with Crippen molar-refractivity contribution in [3.05, 3.63) is 0 Å². The largest absolute Gasteiger partial charge is 0.396 e. The van der Waals surface area contributed by atoms with Gasteiger partial charge in [0.25, 0.3) is 0 Å². The molecule has 0 aliphatic carbocycles. The Morgan fingerprint density at radius 1 is 1.25 bits per heavy atom. The molecule has 0 heterocycles. The third kappa shape index (κ3) is 3.57. The summed E-state index contributed by atoms with van der Waals surface area (Å²) < 4.78 is 0. The van der Waals surface area contributed by atoms with Gasteiger partial charge in [0.1, 0.15) is 0 Å². The molecule has 0 saturated heterocycles. The van der Waals surface area contributed by atoms with Crippen molar-refractivity contribution in [3.63, 3.8) is 0 Å². The van der Waals surface area contributed by atoms with Crippen molar-refractivity contribution in [2.24, 2.45) is 11.3 Å². The molecule has 0 fully saturated rings. The second kappa shape index (κ2) is 5.58. The van der Waals surface area contributed by atoms with E-state index >= 15 is 0 Å². The van der Waals surface area contributed by atoms with Crippen molar-refractivity contribution < 1.29 is 5.11 Å². The van der Waals surface area contributed by atoms with E-state index in [1.807, 2.05) is 0 Å². The van der Waals surface area contributed by atoms with Gasteiger partial charge in [-0.1, -0.05) is 47.0 Å². The van der Waals surface area contributed by atoms with Crippen LogP contribution >= 0.6 is 0 Å². The second-order valence-corrected chi connectivity index (χ2v) is 4.42.